The molecule has 0 aliphatic carbocycles. The molecule has 2 aromatic rings. The van der Waals surface area contributed by atoms with E-state index in [1.54, 1.807) is 19.1 Å². The van der Waals surface area contributed by atoms with E-state index in [0.717, 1.165) is 5.56 Å². The molecule has 33 heavy (non-hydrogen) atoms. The summed E-state index contributed by atoms with van der Waals surface area (Å²) in [6, 6.07) is 12.3. The van der Waals surface area contributed by atoms with Gasteiger partial charge >= 0.3 is 5.97 Å². The van der Waals surface area contributed by atoms with Crippen molar-refractivity contribution in [3.63, 3.8) is 0 Å². The molecule has 9 heteroatoms. The van der Waals surface area contributed by atoms with Gasteiger partial charge in [0.2, 0.25) is 0 Å². The molecule has 1 heterocycles. The van der Waals surface area contributed by atoms with Crippen LogP contribution in [0.4, 0.5) is 0 Å². The van der Waals surface area contributed by atoms with Crippen LogP contribution in [0.3, 0.4) is 0 Å². The van der Waals surface area contributed by atoms with E-state index in [1.165, 1.54) is 6.92 Å². The molecule has 0 unspecified atom stereocenters. The normalized spacial score (nSPS) is 15.4. The molecule has 1 aliphatic heterocycles. The number of esters is 1. The van der Waals surface area contributed by atoms with E-state index in [-0.39, 0.29) is 29.8 Å². The fourth-order valence-electron chi connectivity index (χ4n) is 3.52. The van der Waals surface area contributed by atoms with E-state index in [4.69, 9.17) is 38.0 Å². The van der Waals surface area contributed by atoms with Gasteiger partial charge in [0.05, 0.1) is 30.0 Å². The predicted octanol–water partition coefficient (Wildman–Crippen LogP) is 4.20. The van der Waals surface area contributed by atoms with Gasteiger partial charge in [-0.15, -0.1) is 0 Å². The van der Waals surface area contributed by atoms with Crippen LogP contribution in [0.2, 0.25) is 5.02 Å². The van der Waals surface area contributed by atoms with Crippen molar-refractivity contribution in [2.45, 2.75) is 26.8 Å². The summed E-state index contributed by atoms with van der Waals surface area (Å²) in [6.07, 6.45) is 0. The molecule has 3 rings (SSSR count). The second-order valence-corrected chi connectivity index (χ2v) is 7.91. The number of hydrogen-bond acceptors (Lipinski definition) is 6. The van der Waals surface area contributed by atoms with Gasteiger partial charge in [0.1, 0.15) is 0 Å². The van der Waals surface area contributed by atoms with Crippen molar-refractivity contribution in [3.05, 3.63) is 64.2 Å². The number of hydrogen-bond donors (Lipinski definition) is 2. The van der Waals surface area contributed by atoms with Gasteiger partial charge in [0, 0.05) is 5.57 Å². The maximum absolute atomic E-state index is 12.8. The molecule has 2 N–H and O–H groups in total. The van der Waals surface area contributed by atoms with Gasteiger partial charge in [-0.2, -0.15) is 0 Å². The van der Waals surface area contributed by atoms with Gasteiger partial charge in [-0.1, -0.05) is 41.9 Å². The molecule has 0 amide bonds. The van der Waals surface area contributed by atoms with Gasteiger partial charge in [-0.3, -0.25) is 4.79 Å². The minimum atomic E-state index is -0.567. The SMILES string of the molecule is CCOC(=O)COc1c(Cl)cc([C@@H]2NC(=S)NC(c3ccccc3)=C2C(C)=O)cc1OCC. The van der Waals surface area contributed by atoms with Crippen LogP contribution in [0.15, 0.2) is 48.0 Å². The largest absolute Gasteiger partial charge is 0.490 e. The van der Waals surface area contributed by atoms with Crippen LogP contribution in [0, 0.1) is 0 Å². The quantitative estimate of drug-likeness (QED) is 0.401. The van der Waals surface area contributed by atoms with Crippen molar-refractivity contribution in [3.8, 4) is 11.5 Å². The summed E-state index contributed by atoms with van der Waals surface area (Å²) in [5.41, 5.74) is 2.64. The summed E-state index contributed by atoms with van der Waals surface area (Å²) in [5, 5.41) is 6.88. The number of carbonyl (C=O) groups is 2. The van der Waals surface area contributed by atoms with Crippen LogP contribution in [-0.4, -0.2) is 36.7 Å². The molecular weight excluding hydrogens is 464 g/mol. The van der Waals surface area contributed by atoms with Crippen LogP contribution < -0.4 is 20.1 Å². The molecule has 0 radical (unpaired) electrons. The van der Waals surface area contributed by atoms with Crippen molar-refractivity contribution in [1.29, 1.82) is 0 Å². The Bertz CT molecular complexity index is 1090. The van der Waals surface area contributed by atoms with E-state index in [9.17, 15) is 9.59 Å². The van der Waals surface area contributed by atoms with E-state index in [0.29, 0.717) is 34.3 Å². The Labute approximate surface area is 203 Å². The first-order valence-corrected chi connectivity index (χ1v) is 11.3. The molecule has 174 valence electrons. The smallest absolute Gasteiger partial charge is 0.344 e. The van der Waals surface area contributed by atoms with E-state index >= 15 is 0 Å². The second-order valence-electron chi connectivity index (χ2n) is 7.10. The number of thiocarbonyl (C=S) groups is 1. The summed E-state index contributed by atoms with van der Waals surface area (Å²) in [4.78, 5) is 24.5. The number of rotatable bonds is 9. The van der Waals surface area contributed by atoms with Crippen molar-refractivity contribution in [2.75, 3.05) is 19.8 Å². The summed E-state index contributed by atoms with van der Waals surface area (Å²) >= 11 is 12.0. The Morgan fingerprint density at radius 3 is 2.45 bits per heavy atom. The fourth-order valence-corrected chi connectivity index (χ4v) is 4.01. The molecule has 2 aromatic carbocycles. The van der Waals surface area contributed by atoms with E-state index in [1.807, 2.05) is 37.3 Å². The molecule has 0 bridgehead atoms. The van der Waals surface area contributed by atoms with Crippen LogP contribution >= 0.6 is 23.8 Å². The second kappa shape index (κ2) is 11.2. The molecular formula is C24H25ClN2O5S. The molecule has 0 aromatic heterocycles. The zero-order valence-electron chi connectivity index (χ0n) is 18.6. The number of benzene rings is 2. The number of ether oxygens (including phenoxy) is 3. The van der Waals surface area contributed by atoms with Gasteiger partial charge < -0.3 is 24.8 Å². The number of Topliss-reactive ketones (excluding diaryl/α,β-unsaturated/α-hetero) is 1. The minimum Gasteiger partial charge on any atom is -0.490 e. The third-order valence-corrected chi connectivity index (χ3v) is 5.32. The lowest BCUT2D eigenvalue weighted by molar-refractivity contribution is -0.145. The Kier molecular flexibility index (Phi) is 8.30. The van der Waals surface area contributed by atoms with Crippen molar-refractivity contribution in [1.82, 2.24) is 10.6 Å². The van der Waals surface area contributed by atoms with Crippen molar-refractivity contribution in [2.24, 2.45) is 0 Å². The highest BCUT2D eigenvalue weighted by atomic mass is 35.5. The maximum atomic E-state index is 12.8. The van der Waals surface area contributed by atoms with Crippen LogP contribution in [0.1, 0.15) is 37.9 Å². The van der Waals surface area contributed by atoms with Crippen LogP contribution in [0.5, 0.6) is 11.5 Å². The third kappa shape index (κ3) is 5.83. The molecule has 0 saturated heterocycles. The molecule has 7 nitrogen and oxygen atoms in total. The van der Waals surface area contributed by atoms with E-state index < -0.39 is 12.0 Å². The summed E-state index contributed by atoms with van der Waals surface area (Å²) < 4.78 is 16.2. The average molecular weight is 489 g/mol. The lowest BCUT2D eigenvalue weighted by Gasteiger charge is -2.31. The summed E-state index contributed by atoms with van der Waals surface area (Å²) in [7, 11) is 0. The molecule has 0 saturated carbocycles. The van der Waals surface area contributed by atoms with Gasteiger partial charge in [-0.05, 0) is 56.2 Å². The molecule has 0 fully saturated rings. The highest BCUT2D eigenvalue weighted by Crippen LogP contribution is 2.41. The highest BCUT2D eigenvalue weighted by Gasteiger charge is 2.31. The zero-order chi connectivity index (χ0) is 24.0. The first kappa shape index (κ1) is 24.5. The number of halogens is 1. The Morgan fingerprint density at radius 2 is 1.82 bits per heavy atom. The number of ketones is 1. The zero-order valence-corrected chi connectivity index (χ0v) is 20.1. The topological polar surface area (TPSA) is 85.9 Å². The fraction of sp³-hybridized carbons (Fsp3) is 0.292. The average Bonchev–Trinajstić information content (AvgIpc) is 2.78. The number of nitrogens with one attached hydrogen (secondary N) is 2. The monoisotopic (exact) mass is 488 g/mol. The minimum absolute atomic E-state index is 0.127. The first-order valence-electron chi connectivity index (χ1n) is 10.5. The lowest BCUT2D eigenvalue weighted by atomic mass is 9.90. The lowest BCUT2D eigenvalue weighted by Crippen LogP contribution is -2.44. The predicted molar refractivity (Wildman–Crippen MR) is 130 cm³/mol. The Morgan fingerprint density at radius 1 is 1.09 bits per heavy atom. The van der Waals surface area contributed by atoms with Crippen LogP contribution in [-0.2, 0) is 14.3 Å². The third-order valence-electron chi connectivity index (χ3n) is 4.82. The Balaban J connectivity index is 2.07. The number of carbonyl (C=O) groups excluding carboxylic acids is 2. The standard InChI is InChI=1S/C24H25ClN2O5S/c1-4-30-18-12-16(11-17(25)23(18)32-13-19(29)31-5-2)22-20(14(3)28)21(26-24(33)27-22)15-9-7-6-8-10-15/h6-12,22H,4-5,13H2,1-3H3,(H2,26,27,33)/t22-/m0/s1. The molecule has 0 spiro atoms. The van der Waals surface area contributed by atoms with Crippen molar-refractivity contribution < 1.29 is 23.8 Å². The Hall–Kier alpha value is -3.10. The van der Waals surface area contributed by atoms with E-state index in [2.05, 4.69) is 10.6 Å². The van der Waals surface area contributed by atoms with Gasteiger partial charge in [-0.25, -0.2) is 4.79 Å². The van der Waals surface area contributed by atoms with Gasteiger partial charge in [0.25, 0.3) is 0 Å². The summed E-state index contributed by atoms with van der Waals surface area (Å²) in [5.74, 6) is -0.0685. The maximum Gasteiger partial charge on any atom is 0.344 e. The van der Waals surface area contributed by atoms with Gasteiger partial charge in [0.15, 0.2) is 29.0 Å². The molecule has 1 atom stereocenters. The van der Waals surface area contributed by atoms with Crippen LogP contribution in [0.25, 0.3) is 5.70 Å². The highest BCUT2D eigenvalue weighted by molar-refractivity contribution is 7.80. The molecule has 1 aliphatic rings. The summed E-state index contributed by atoms with van der Waals surface area (Å²) in [6.45, 7) is 5.33. The first-order chi connectivity index (χ1) is 15.8. The van der Waals surface area contributed by atoms with Crippen molar-refractivity contribution >= 4 is 46.4 Å².